The number of rotatable bonds is 1. The number of aromatic nitrogens is 3. The molecule has 0 unspecified atom stereocenters. The molecule has 0 fully saturated rings. The zero-order chi connectivity index (χ0) is 7.72. The fourth-order valence-corrected chi connectivity index (χ4v) is 1.03. The molecule has 1 heterocycles. The number of aryl methyl sites for hydroxylation is 1. The Labute approximate surface area is 59.1 Å². The van der Waals surface area contributed by atoms with Crippen LogP contribution in [0.3, 0.4) is 0 Å². The van der Waals surface area contributed by atoms with E-state index < -0.39 is 0 Å². The maximum absolute atomic E-state index is 10.9. The highest BCUT2D eigenvalue weighted by atomic mass is 16.2. The van der Waals surface area contributed by atoms with E-state index in [1.165, 1.54) is 4.68 Å². The second-order valence-electron chi connectivity index (χ2n) is 2.18. The first-order valence-corrected chi connectivity index (χ1v) is 3.27. The first-order chi connectivity index (χ1) is 4.66. The van der Waals surface area contributed by atoms with Crippen molar-refractivity contribution < 1.29 is 0 Å². The molecule has 0 bridgehead atoms. The minimum atomic E-state index is -0.181. The van der Waals surface area contributed by atoms with Gasteiger partial charge in [0.1, 0.15) is 5.82 Å². The fraction of sp³-hybridized carbons (Fsp3) is 0.667. The quantitative estimate of drug-likeness (QED) is 0.548. The van der Waals surface area contributed by atoms with Crippen LogP contribution in [0.1, 0.15) is 12.7 Å². The van der Waals surface area contributed by atoms with Gasteiger partial charge in [0, 0.05) is 13.6 Å². The summed E-state index contributed by atoms with van der Waals surface area (Å²) < 4.78 is 3.33. The molecule has 0 aliphatic carbocycles. The highest BCUT2D eigenvalue weighted by molar-refractivity contribution is 4.80. The Bertz CT molecular complexity index is 284. The van der Waals surface area contributed by atoms with Crippen molar-refractivity contribution >= 4 is 0 Å². The molecule has 0 atom stereocenters. The lowest BCUT2D eigenvalue weighted by Gasteiger charge is -2.02. The molecule has 0 saturated heterocycles. The molecule has 0 aliphatic rings. The second-order valence-corrected chi connectivity index (χ2v) is 2.18. The third-order valence-corrected chi connectivity index (χ3v) is 1.57. The highest BCUT2D eigenvalue weighted by Gasteiger charge is 2.01. The van der Waals surface area contributed by atoms with E-state index in [1.54, 1.807) is 7.05 Å². The van der Waals surface area contributed by atoms with Gasteiger partial charge in [0.05, 0.1) is 0 Å². The standard InChI is InChI=1S/C6H11N3O/c1-4-9-5(2)7-6(10)8(9)3/h4H2,1-3H3. The number of hydrogen-bond donors (Lipinski definition) is 0. The normalized spacial score (nSPS) is 10.3. The van der Waals surface area contributed by atoms with Crippen LogP contribution in [0, 0.1) is 6.92 Å². The number of nitrogens with zero attached hydrogens (tertiary/aromatic N) is 3. The molecule has 0 saturated carbocycles. The van der Waals surface area contributed by atoms with E-state index in [1.807, 2.05) is 18.5 Å². The van der Waals surface area contributed by atoms with Gasteiger partial charge < -0.3 is 0 Å². The average molecular weight is 141 g/mol. The van der Waals surface area contributed by atoms with E-state index in [0.717, 1.165) is 12.4 Å². The molecule has 1 rings (SSSR count). The first-order valence-electron chi connectivity index (χ1n) is 3.27. The summed E-state index contributed by atoms with van der Waals surface area (Å²) >= 11 is 0. The van der Waals surface area contributed by atoms with Crippen LogP contribution in [0.15, 0.2) is 4.79 Å². The first kappa shape index (κ1) is 7.05. The van der Waals surface area contributed by atoms with Gasteiger partial charge in [0.25, 0.3) is 0 Å². The van der Waals surface area contributed by atoms with Crippen molar-refractivity contribution in [3.8, 4) is 0 Å². The predicted octanol–water partition coefficient (Wildman–Crippen LogP) is -0.0899. The Morgan fingerprint density at radius 2 is 2.20 bits per heavy atom. The van der Waals surface area contributed by atoms with Crippen molar-refractivity contribution in [2.75, 3.05) is 0 Å². The molecule has 10 heavy (non-hydrogen) atoms. The van der Waals surface area contributed by atoms with Crippen molar-refractivity contribution in [2.45, 2.75) is 20.4 Å². The molecule has 0 aliphatic heterocycles. The number of hydrogen-bond acceptors (Lipinski definition) is 2. The molecule has 1 aromatic rings. The van der Waals surface area contributed by atoms with Gasteiger partial charge in [-0.1, -0.05) is 0 Å². The lowest BCUT2D eigenvalue weighted by Crippen LogP contribution is -2.19. The Kier molecular flexibility index (Phi) is 1.61. The maximum Gasteiger partial charge on any atom is 0.363 e. The Morgan fingerprint density at radius 1 is 1.60 bits per heavy atom. The topological polar surface area (TPSA) is 39.8 Å². The summed E-state index contributed by atoms with van der Waals surface area (Å²) in [6.45, 7) is 4.59. The van der Waals surface area contributed by atoms with Crippen LogP contribution in [0.25, 0.3) is 0 Å². The van der Waals surface area contributed by atoms with E-state index in [0.29, 0.717) is 0 Å². The molecular weight excluding hydrogens is 130 g/mol. The van der Waals surface area contributed by atoms with Crippen molar-refractivity contribution in [3.63, 3.8) is 0 Å². The Balaban J connectivity index is 3.34. The summed E-state index contributed by atoms with van der Waals surface area (Å²) in [5, 5.41) is 0. The van der Waals surface area contributed by atoms with Crippen LogP contribution >= 0.6 is 0 Å². The van der Waals surface area contributed by atoms with E-state index in [4.69, 9.17) is 0 Å². The summed E-state index contributed by atoms with van der Waals surface area (Å²) in [5.74, 6) is 0.773. The van der Waals surface area contributed by atoms with Crippen molar-refractivity contribution in [1.29, 1.82) is 0 Å². The molecule has 0 aromatic carbocycles. The van der Waals surface area contributed by atoms with Gasteiger partial charge in [-0.15, -0.1) is 0 Å². The van der Waals surface area contributed by atoms with E-state index in [-0.39, 0.29) is 5.69 Å². The maximum atomic E-state index is 10.9. The van der Waals surface area contributed by atoms with Crippen LogP contribution in [0.2, 0.25) is 0 Å². The molecule has 4 heteroatoms. The molecule has 1 aromatic heterocycles. The minimum absolute atomic E-state index is 0.181. The molecule has 4 nitrogen and oxygen atoms in total. The van der Waals surface area contributed by atoms with E-state index >= 15 is 0 Å². The van der Waals surface area contributed by atoms with Crippen LogP contribution in [0.4, 0.5) is 0 Å². The Hall–Kier alpha value is -1.06. The van der Waals surface area contributed by atoms with Gasteiger partial charge in [-0.25, -0.2) is 9.48 Å². The third kappa shape index (κ3) is 0.853. The summed E-state index contributed by atoms with van der Waals surface area (Å²) in [7, 11) is 1.71. The second kappa shape index (κ2) is 2.28. The zero-order valence-electron chi connectivity index (χ0n) is 6.46. The van der Waals surface area contributed by atoms with Gasteiger partial charge in [-0.3, -0.25) is 4.68 Å². The third-order valence-electron chi connectivity index (χ3n) is 1.57. The van der Waals surface area contributed by atoms with Crippen LogP contribution in [0.5, 0.6) is 0 Å². The summed E-state index contributed by atoms with van der Waals surface area (Å²) in [5.41, 5.74) is -0.181. The summed E-state index contributed by atoms with van der Waals surface area (Å²) in [6.07, 6.45) is 0. The molecule has 56 valence electrons. The highest BCUT2D eigenvalue weighted by Crippen LogP contribution is 1.87. The van der Waals surface area contributed by atoms with Crippen LogP contribution in [-0.4, -0.2) is 14.3 Å². The largest absolute Gasteiger partial charge is 0.363 e. The average Bonchev–Trinajstić information content (AvgIpc) is 2.09. The summed E-state index contributed by atoms with van der Waals surface area (Å²) in [4.78, 5) is 14.6. The van der Waals surface area contributed by atoms with Gasteiger partial charge in [0.2, 0.25) is 0 Å². The molecular formula is C6H11N3O. The molecule has 0 radical (unpaired) electrons. The van der Waals surface area contributed by atoms with Gasteiger partial charge in [-0.2, -0.15) is 4.98 Å². The van der Waals surface area contributed by atoms with Crippen LogP contribution in [-0.2, 0) is 13.6 Å². The van der Waals surface area contributed by atoms with Gasteiger partial charge >= 0.3 is 5.69 Å². The molecule has 0 N–H and O–H groups in total. The molecule has 0 amide bonds. The van der Waals surface area contributed by atoms with Crippen molar-refractivity contribution in [1.82, 2.24) is 14.3 Å². The summed E-state index contributed by atoms with van der Waals surface area (Å²) in [6, 6.07) is 0. The van der Waals surface area contributed by atoms with E-state index in [2.05, 4.69) is 4.98 Å². The zero-order valence-corrected chi connectivity index (χ0v) is 6.46. The van der Waals surface area contributed by atoms with Crippen molar-refractivity contribution in [3.05, 3.63) is 16.3 Å². The van der Waals surface area contributed by atoms with Crippen LogP contribution < -0.4 is 5.69 Å². The van der Waals surface area contributed by atoms with Gasteiger partial charge in [-0.05, 0) is 13.8 Å². The van der Waals surface area contributed by atoms with Gasteiger partial charge in [0.15, 0.2) is 0 Å². The Morgan fingerprint density at radius 3 is 2.40 bits per heavy atom. The predicted molar refractivity (Wildman–Crippen MR) is 37.9 cm³/mol. The fourth-order valence-electron chi connectivity index (χ4n) is 1.03. The minimum Gasteiger partial charge on any atom is -0.268 e. The lowest BCUT2D eigenvalue weighted by atomic mass is 10.6. The smallest absolute Gasteiger partial charge is 0.268 e. The molecule has 0 spiro atoms. The van der Waals surface area contributed by atoms with E-state index in [9.17, 15) is 4.79 Å². The lowest BCUT2D eigenvalue weighted by molar-refractivity contribution is 0.511. The monoisotopic (exact) mass is 141 g/mol. The van der Waals surface area contributed by atoms with Crippen molar-refractivity contribution in [2.24, 2.45) is 7.05 Å². The SMILES string of the molecule is CCn1c(C)nc(=O)n1C.